The van der Waals surface area contributed by atoms with Crippen LogP contribution in [0.4, 0.5) is 5.69 Å². The quantitative estimate of drug-likeness (QED) is 0.824. The molecule has 0 aliphatic carbocycles. The van der Waals surface area contributed by atoms with Gasteiger partial charge >= 0.3 is 5.97 Å². The number of aromatic hydroxyl groups is 1. The number of aromatic carboxylic acids is 1. The molecule has 7 nitrogen and oxygen atoms in total. The number of carboxylic acid groups (broad SMARTS) is 1. The fourth-order valence-corrected chi connectivity index (χ4v) is 2.58. The van der Waals surface area contributed by atoms with Gasteiger partial charge in [-0.2, -0.15) is 10.1 Å². The molecule has 1 aliphatic rings. The topological polar surface area (TPSA) is 99.4 Å². The molecule has 132 valence electrons. The van der Waals surface area contributed by atoms with Crippen LogP contribution in [0.5, 0.6) is 11.5 Å². The summed E-state index contributed by atoms with van der Waals surface area (Å²) in [7, 11) is 1.45. The molecule has 0 spiro atoms. The summed E-state index contributed by atoms with van der Waals surface area (Å²) in [6.45, 7) is 1.69. The number of hydrogen-bond donors (Lipinski definition) is 2. The van der Waals surface area contributed by atoms with Gasteiger partial charge in [-0.05, 0) is 43.3 Å². The molecule has 1 amide bonds. The van der Waals surface area contributed by atoms with Crippen LogP contribution >= 0.6 is 0 Å². The maximum Gasteiger partial charge on any atom is 0.335 e. The molecule has 26 heavy (non-hydrogen) atoms. The molecule has 1 heterocycles. The van der Waals surface area contributed by atoms with Crippen LogP contribution in [0.25, 0.3) is 6.08 Å². The van der Waals surface area contributed by atoms with E-state index in [1.807, 2.05) is 0 Å². The summed E-state index contributed by atoms with van der Waals surface area (Å²) >= 11 is 0. The first-order valence-electron chi connectivity index (χ1n) is 7.73. The summed E-state index contributed by atoms with van der Waals surface area (Å²) in [6, 6.07) is 10.8. The Morgan fingerprint density at radius 3 is 2.50 bits per heavy atom. The Balaban J connectivity index is 1.94. The lowest BCUT2D eigenvalue weighted by atomic mass is 10.1. The Morgan fingerprint density at radius 1 is 1.19 bits per heavy atom. The highest BCUT2D eigenvalue weighted by atomic mass is 16.5. The van der Waals surface area contributed by atoms with E-state index in [9.17, 15) is 14.7 Å². The number of para-hydroxylation sites is 1. The molecular formula is C19H16N2O5. The Bertz CT molecular complexity index is 945. The predicted octanol–water partition coefficient (Wildman–Crippen LogP) is 2.91. The van der Waals surface area contributed by atoms with Crippen LogP contribution in [-0.4, -0.2) is 34.9 Å². The fourth-order valence-electron chi connectivity index (χ4n) is 2.58. The van der Waals surface area contributed by atoms with Crippen molar-refractivity contribution in [3.8, 4) is 11.5 Å². The Labute approximate surface area is 149 Å². The monoisotopic (exact) mass is 352 g/mol. The minimum atomic E-state index is -1.04. The molecule has 1 aliphatic heterocycles. The molecule has 2 N–H and O–H groups in total. The number of hydrogen-bond acceptors (Lipinski definition) is 5. The smallest absolute Gasteiger partial charge is 0.335 e. The lowest BCUT2D eigenvalue weighted by molar-refractivity contribution is -0.114. The Morgan fingerprint density at radius 2 is 1.88 bits per heavy atom. The normalized spacial score (nSPS) is 15.3. The lowest BCUT2D eigenvalue weighted by Crippen LogP contribution is -2.21. The SMILES string of the molecule is COc1cccc(/C=C2/C(=O)N(c3ccc(C(=O)O)cc3)N=C2C)c1O. The molecule has 2 aromatic carbocycles. The molecule has 3 rings (SSSR count). The zero-order valence-corrected chi connectivity index (χ0v) is 14.1. The number of nitrogens with zero attached hydrogens (tertiary/aromatic N) is 2. The van der Waals surface area contributed by atoms with Gasteiger partial charge < -0.3 is 14.9 Å². The zero-order chi connectivity index (χ0) is 18.8. The van der Waals surface area contributed by atoms with Crippen molar-refractivity contribution in [3.05, 3.63) is 59.2 Å². The third-order valence-corrected chi connectivity index (χ3v) is 3.97. The van der Waals surface area contributed by atoms with E-state index in [1.54, 1.807) is 31.2 Å². The predicted molar refractivity (Wildman–Crippen MR) is 96.6 cm³/mol. The first-order chi connectivity index (χ1) is 12.4. The number of methoxy groups -OCH3 is 1. The average molecular weight is 352 g/mol. The molecule has 0 aromatic heterocycles. The van der Waals surface area contributed by atoms with Crippen LogP contribution in [0, 0.1) is 0 Å². The second kappa shape index (κ2) is 6.72. The number of amides is 1. The van der Waals surface area contributed by atoms with E-state index in [2.05, 4.69) is 5.10 Å². The molecular weight excluding hydrogens is 336 g/mol. The van der Waals surface area contributed by atoms with E-state index in [-0.39, 0.29) is 17.2 Å². The number of ether oxygens (including phenoxy) is 1. The first kappa shape index (κ1) is 17.2. The van der Waals surface area contributed by atoms with Gasteiger partial charge in [0.15, 0.2) is 11.5 Å². The molecule has 0 saturated heterocycles. The molecule has 0 bridgehead atoms. The van der Waals surface area contributed by atoms with Gasteiger partial charge in [0.25, 0.3) is 5.91 Å². The van der Waals surface area contributed by atoms with E-state index in [4.69, 9.17) is 9.84 Å². The van der Waals surface area contributed by atoms with Crippen molar-refractivity contribution in [1.29, 1.82) is 0 Å². The summed E-state index contributed by atoms with van der Waals surface area (Å²) in [5.41, 5.74) is 1.83. The highest BCUT2D eigenvalue weighted by molar-refractivity contribution is 6.32. The van der Waals surface area contributed by atoms with Crippen molar-refractivity contribution in [2.45, 2.75) is 6.92 Å². The maximum atomic E-state index is 12.7. The highest BCUT2D eigenvalue weighted by Gasteiger charge is 2.29. The van der Waals surface area contributed by atoms with E-state index in [0.29, 0.717) is 28.3 Å². The van der Waals surface area contributed by atoms with Gasteiger partial charge in [0.05, 0.1) is 29.6 Å². The second-order valence-corrected chi connectivity index (χ2v) is 5.61. The number of phenolic OH excluding ortho intramolecular Hbond substituents is 1. The number of carboxylic acids is 1. The van der Waals surface area contributed by atoms with Crippen molar-refractivity contribution in [2.24, 2.45) is 5.10 Å². The van der Waals surface area contributed by atoms with E-state index in [1.165, 1.54) is 36.4 Å². The molecule has 0 fully saturated rings. The number of carbonyl (C=O) groups excluding carboxylic acids is 1. The van der Waals surface area contributed by atoms with Crippen LogP contribution in [0.3, 0.4) is 0 Å². The van der Waals surface area contributed by atoms with Gasteiger partial charge in [-0.1, -0.05) is 12.1 Å². The van der Waals surface area contributed by atoms with Crippen molar-refractivity contribution >= 4 is 29.4 Å². The van der Waals surface area contributed by atoms with Gasteiger partial charge in [0, 0.05) is 5.56 Å². The van der Waals surface area contributed by atoms with E-state index < -0.39 is 5.97 Å². The molecule has 0 saturated carbocycles. The molecule has 0 atom stereocenters. The summed E-state index contributed by atoms with van der Waals surface area (Å²) in [6.07, 6.45) is 1.55. The zero-order valence-electron chi connectivity index (χ0n) is 14.1. The minimum Gasteiger partial charge on any atom is -0.504 e. The van der Waals surface area contributed by atoms with Crippen LogP contribution in [0.1, 0.15) is 22.8 Å². The van der Waals surface area contributed by atoms with Gasteiger partial charge in [-0.3, -0.25) is 4.79 Å². The summed E-state index contributed by atoms with van der Waals surface area (Å²) in [4.78, 5) is 23.7. The van der Waals surface area contributed by atoms with Crippen LogP contribution in [0.2, 0.25) is 0 Å². The third-order valence-electron chi connectivity index (χ3n) is 3.97. The van der Waals surface area contributed by atoms with Crippen molar-refractivity contribution < 1.29 is 24.5 Å². The molecule has 0 unspecified atom stereocenters. The van der Waals surface area contributed by atoms with Crippen LogP contribution in [0.15, 0.2) is 53.1 Å². The van der Waals surface area contributed by atoms with Gasteiger partial charge in [0.1, 0.15) is 0 Å². The number of anilines is 1. The fraction of sp³-hybridized carbons (Fsp3) is 0.105. The number of rotatable bonds is 4. The van der Waals surface area contributed by atoms with Gasteiger partial charge in [-0.25, -0.2) is 4.79 Å². The second-order valence-electron chi connectivity index (χ2n) is 5.61. The highest BCUT2D eigenvalue weighted by Crippen LogP contribution is 2.32. The first-order valence-corrected chi connectivity index (χ1v) is 7.73. The van der Waals surface area contributed by atoms with Crippen molar-refractivity contribution in [2.75, 3.05) is 12.1 Å². The van der Waals surface area contributed by atoms with Crippen LogP contribution < -0.4 is 9.75 Å². The summed E-state index contributed by atoms with van der Waals surface area (Å²) in [5.74, 6) is -1.17. The van der Waals surface area contributed by atoms with E-state index in [0.717, 1.165) is 0 Å². The number of phenols is 1. The Kier molecular flexibility index (Phi) is 4.45. The third kappa shape index (κ3) is 3.02. The lowest BCUT2D eigenvalue weighted by Gasteiger charge is -2.12. The Hall–Kier alpha value is -3.61. The van der Waals surface area contributed by atoms with Crippen molar-refractivity contribution in [3.63, 3.8) is 0 Å². The van der Waals surface area contributed by atoms with E-state index >= 15 is 0 Å². The molecule has 0 radical (unpaired) electrons. The summed E-state index contributed by atoms with van der Waals surface area (Å²) in [5, 5.41) is 24.6. The number of hydrazone groups is 1. The van der Waals surface area contributed by atoms with Crippen molar-refractivity contribution in [1.82, 2.24) is 0 Å². The summed E-state index contributed by atoms with van der Waals surface area (Å²) < 4.78 is 5.07. The molecule has 2 aromatic rings. The largest absolute Gasteiger partial charge is 0.504 e. The number of carbonyl (C=O) groups is 2. The van der Waals surface area contributed by atoms with Gasteiger partial charge in [0.2, 0.25) is 0 Å². The van der Waals surface area contributed by atoms with Gasteiger partial charge in [-0.15, -0.1) is 0 Å². The standard InChI is InChI=1S/C19H16N2O5/c1-11-15(10-13-4-3-5-16(26-2)17(13)22)18(23)21(20-11)14-8-6-12(7-9-14)19(24)25/h3-10,22H,1-2H3,(H,24,25)/b15-10+. The molecule has 7 heteroatoms. The van der Waals surface area contributed by atoms with Crippen LogP contribution in [-0.2, 0) is 4.79 Å². The minimum absolute atomic E-state index is 0.0626. The average Bonchev–Trinajstić information content (AvgIpc) is 2.91. The number of benzene rings is 2. The maximum absolute atomic E-state index is 12.7.